The van der Waals surface area contributed by atoms with Crippen molar-refractivity contribution >= 4 is 0 Å². The van der Waals surface area contributed by atoms with E-state index >= 15 is 0 Å². The van der Waals surface area contributed by atoms with E-state index in [-0.39, 0.29) is 29.9 Å². The van der Waals surface area contributed by atoms with Crippen LogP contribution in [0.1, 0.15) is 6.85 Å². The molecule has 0 aliphatic heterocycles. The number of aromatic nitrogens is 2. The number of hydrogen-bond donors (Lipinski definition) is 0. The lowest BCUT2D eigenvalue weighted by molar-refractivity contribution is 0.880. The Bertz CT molecular complexity index is 506. The fourth-order valence-electron chi connectivity index (χ4n) is 0.759. The highest BCUT2D eigenvalue weighted by molar-refractivity contribution is 5.29. The normalized spacial score (nSPS) is 16.2. The quantitative estimate of drug-likeness (QED) is 0.605. The maximum atomic E-state index is 7.68. The van der Waals surface area contributed by atoms with Crippen molar-refractivity contribution in [1.82, 2.24) is 9.78 Å². The zero-order valence-corrected chi connectivity index (χ0v) is 5.63. The Kier molecular flexibility index (Phi) is 0.660. The van der Waals surface area contributed by atoms with Gasteiger partial charge >= 0.3 is 0 Å². The standard InChI is InChI=1S/C9H8N2/c1-2-5-9(6-3-1)11-8-4-7-10-11/h1-8H/i1D,2D,3D,5D,6D. The van der Waals surface area contributed by atoms with Gasteiger partial charge in [-0.05, 0) is 18.2 Å². The lowest BCUT2D eigenvalue weighted by Gasteiger charge is -1.97. The first-order valence-electron chi connectivity index (χ1n) is 5.61. The predicted molar refractivity (Wildman–Crippen MR) is 43.6 cm³/mol. The molecule has 1 heterocycles. The van der Waals surface area contributed by atoms with E-state index in [2.05, 4.69) is 5.10 Å². The van der Waals surface area contributed by atoms with Gasteiger partial charge in [-0.25, -0.2) is 4.68 Å². The lowest BCUT2D eigenvalue weighted by Crippen LogP contribution is -1.91. The van der Waals surface area contributed by atoms with E-state index in [1.54, 1.807) is 6.07 Å². The van der Waals surface area contributed by atoms with Crippen molar-refractivity contribution in [3.05, 3.63) is 48.7 Å². The number of hydrogen-bond acceptors (Lipinski definition) is 1. The first kappa shape index (κ1) is 2.81. The molecule has 11 heavy (non-hydrogen) atoms. The largest absolute Gasteiger partial charge is 0.241 e. The second kappa shape index (κ2) is 2.58. The molecule has 0 fully saturated rings. The van der Waals surface area contributed by atoms with Gasteiger partial charge < -0.3 is 0 Å². The zero-order chi connectivity index (χ0) is 11.9. The molecule has 2 heteroatoms. The molecule has 0 radical (unpaired) electrons. The van der Waals surface area contributed by atoms with E-state index in [4.69, 9.17) is 6.85 Å². The predicted octanol–water partition coefficient (Wildman–Crippen LogP) is 1.87. The Morgan fingerprint density at radius 1 is 1.27 bits per heavy atom. The van der Waals surface area contributed by atoms with Gasteiger partial charge in [0.05, 0.1) is 12.5 Å². The molecule has 0 unspecified atom stereocenters. The van der Waals surface area contributed by atoms with Crippen molar-refractivity contribution in [2.24, 2.45) is 0 Å². The summed E-state index contributed by atoms with van der Waals surface area (Å²) in [5, 5.41) is 3.87. The SMILES string of the molecule is [2H]c1c([2H])c([2H])c(-n2cccn2)c([2H])c1[2H]. The van der Waals surface area contributed by atoms with Gasteiger partial charge in [-0.1, -0.05) is 18.1 Å². The second-order valence-corrected chi connectivity index (χ2v) is 1.92. The van der Waals surface area contributed by atoms with Crippen LogP contribution in [0.5, 0.6) is 0 Å². The van der Waals surface area contributed by atoms with Gasteiger partial charge in [-0.15, -0.1) is 0 Å². The summed E-state index contributed by atoms with van der Waals surface area (Å²) < 4.78 is 39.0. The maximum absolute atomic E-state index is 7.68. The molecule has 2 nitrogen and oxygen atoms in total. The van der Waals surface area contributed by atoms with Crippen LogP contribution in [-0.2, 0) is 0 Å². The summed E-state index contributed by atoms with van der Waals surface area (Å²) in [6, 6.07) is 0.00841. The van der Waals surface area contributed by atoms with Gasteiger partial charge in [-0.2, -0.15) is 5.10 Å². The molecule has 0 saturated carbocycles. The van der Waals surface area contributed by atoms with E-state index in [9.17, 15) is 0 Å². The topological polar surface area (TPSA) is 17.8 Å². The minimum Gasteiger partial charge on any atom is -0.241 e. The summed E-state index contributed by atoms with van der Waals surface area (Å²) in [5.74, 6) is 0. The van der Waals surface area contributed by atoms with E-state index in [1.807, 2.05) is 0 Å². The Hall–Kier alpha value is -1.57. The van der Waals surface area contributed by atoms with E-state index in [0.29, 0.717) is 0 Å². The van der Waals surface area contributed by atoms with Crippen LogP contribution >= 0.6 is 0 Å². The van der Waals surface area contributed by atoms with E-state index in [0.717, 1.165) is 0 Å². The summed E-state index contributed by atoms with van der Waals surface area (Å²) in [7, 11) is 0. The van der Waals surface area contributed by atoms with Crippen LogP contribution in [0.15, 0.2) is 48.7 Å². The third-order valence-electron chi connectivity index (χ3n) is 1.22. The maximum Gasteiger partial charge on any atom is 0.0646 e. The molecular weight excluding hydrogens is 136 g/mol. The molecule has 1 aromatic heterocycles. The Morgan fingerprint density at radius 3 is 2.73 bits per heavy atom. The molecule has 0 spiro atoms. The fourth-order valence-corrected chi connectivity index (χ4v) is 0.759. The molecule has 0 N–H and O–H groups in total. The molecule has 54 valence electrons. The average Bonchev–Trinajstić information content (AvgIpc) is 2.77. The van der Waals surface area contributed by atoms with Crippen LogP contribution < -0.4 is 0 Å². The number of benzene rings is 1. The molecule has 0 aliphatic carbocycles. The van der Waals surface area contributed by atoms with Gasteiger partial charge in [-0.3, -0.25) is 0 Å². The second-order valence-electron chi connectivity index (χ2n) is 1.92. The van der Waals surface area contributed by atoms with Crippen LogP contribution in [0.2, 0.25) is 0 Å². The molecule has 0 atom stereocenters. The number of nitrogens with zero attached hydrogens (tertiary/aromatic N) is 2. The average molecular weight is 149 g/mol. The van der Waals surface area contributed by atoms with E-state index < -0.39 is 6.04 Å². The van der Waals surface area contributed by atoms with Crippen LogP contribution in [0.3, 0.4) is 0 Å². The van der Waals surface area contributed by atoms with Crippen molar-refractivity contribution in [3.63, 3.8) is 0 Å². The van der Waals surface area contributed by atoms with Crippen molar-refractivity contribution in [2.75, 3.05) is 0 Å². The highest BCUT2D eigenvalue weighted by atomic mass is 15.3. The van der Waals surface area contributed by atoms with Gasteiger partial charge in [0.1, 0.15) is 0 Å². The Balaban J connectivity index is 2.81. The van der Waals surface area contributed by atoms with Crippen molar-refractivity contribution < 1.29 is 6.85 Å². The third kappa shape index (κ3) is 1.15. The molecule has 0 amide bonds. The molecular formula is C9H8N2. The van der Waals surface area contributed by atoms with Gasteiger partial charge in [0.25, 0.3) is 0 Å². The number of rotatable bonds is 1. The van der Waals surface area contributed by atoms with Crippen LogP contribution in [0, 0.1) is 0 Å². The van der Waals surface area contributed by atoms with Crippen LogP contribution in [0.25, 0.3) is 5.69 Å². The molecule has 0 saturated heterocycles. The Morgan fingerprint density at radius 2 is 2.09 bits per heavy atom. The first-order chi connectivity index (χ1) is 7.54. The molecule has 2 aromatic rings. The molecule has 2 rings (SSSR count). The Labute approximate surface area is 72.1 Å². The van der Waals surface area contributed by atoms with Gasteiger partial charge in [0, 0.05) is 12.4 Å². The van der Waals surface area contributed by atoms with Gasteiger partial charge in [0.2, 0.25) is 0 Å². The van der Waals surface area contributed by atoms with Crippen LogP contribution in [-0.4, -0.2) is 9.78 Å². The minimum atomic E-state index is -0.397. The first-order valence-corrected chi connectivity index (χ1v) is 3.11. The number of para-hydroxylation sites is 1. The highest BCUT2D eigenvalue weighted by Crippen LogP contribution is 2.03. The van der Waals surface area contributed by atoms with Crippen LogP contribution in [0.4, 0.5) is 0 Å². The molecule has 1 aromatic carbocycles. The zero-order valence-electron chi connectivity index (χ0n) is 10.6. The molecule has 0 aliphatic rings. The summed E-state index contributed by atoms with van der Waals surface area (Å²) in [5.41, 5.74) is 0.0657. The lowest BCUT2D eigenvalue weighted by atomic mass is 10.3. The summed E-state index contributed by atoms with van der Waals surface area (Å²) >= 11 is 0. The fraction of sp³-hybridized carbons (Fsp3) is 0. The smallest absolute Gasteiger partial charge is 0.0646 e. The summed E-state index contributed by atoms with van der Waals surface area (Å²) in [4.78, 5) is 0. The van der Waals surface area contributed by atoms with Crippen molar-refractivity contribution in [1.29, 1.82) is 0 Å². The minimum absolute atomic E-state index is 0.0657. The van der Waals surface area contributed by atoms with Crippen molar-refractivity contribution in [2.45, 2.75) is 0 Å². The summed E-state index contributed by atoms with van der Waals surface area (Å²) in [6.45, 7) is 0. The monoisotopic (exact) mass is 149 g/mol. The van der Waals surface area contributed by atoms with Gasteiger partial charge in [0.15, 0.2) is 0 Å². The van der Waals surface area contributed by atoms with E-state index in [1.165, 1.54) is 17.1 Å². The third-order valence-corrected chi connectivity index (χ3v) is 1.22. The molecule has 0 bridgehead atoms. The summed E-state index contributed by atoms with van der Waals surface area (Å²) in [6.07, 6.45) is 3.02. The van der Waals surface area contributed by atoms with Crippen molar-refractivity contribution in [3.8, 4) is 5.69 Å². The highest BCUT2D eigenvalue weighted by Gasteiger charge is 1.90.